The van der Waals surface area contributed by atoms with Crippen LogP contribution in [0.15, 0.2) is 32.3 Å². The average Bonchev–Trinajstić information content (AvgIpc) is 3.07. The SMILES string of the molecule is Cc1oc2ncn(C)c(=O)c2c1C(=O)NNC(=O)c1cc(Br)cn1C. The number of halogens is 1. The lowest BCUT2D eigenvalue weighted by atomic mass is 10.2. The van der Waals surface area contributed by atoms with Crippen molar-refractivity contribution in [3.05, 3.63) is 50.4 Å². The second-order valence-electron chi connectivity index (χ2n) is 5.44. The van der Waals surface area contributed by atoms with Gasteiger partial charge < -0.3 is 13.6 Å². The van der Waals surface area contributed by atoms with Crippen LogP contribution in [0.1, 0.15) is 26.6 Å². The zero-order valence-corrected chi connectivity index (χ0v) is 15.2. The van der Waals surface area contributed by atoms with Gasteiger partial charge in [0.15, 0.2) is 0 Å². The molecule has 3 heterocycles. The third kappa shape index (κ3) is 2.95. The second kappa shape index (κ2) is 6.20. The molecule has 25 heavy (non-hydrogen) atoms. The Labute approximate surface area is 149 Å². The van der Waals surface area contributed by atoms with E-state index in [0.717, 1.165) is 4.47 Å². The molecule has 2 N–H and O–H groups in total. The van der Waals surface area contributed by atoms with E-state index in [4.69, 9.17) is 4.42 Å². The van der Waals surface area contributed by atoms with Crippen LogP contribution in [0.5, 0.6) is 0 Å². The number of aryl methyl sites for hydroxylation is 3. The van der Waals surface area contributed by atoms with Gasteiger partial charge in [-0.25, -0.2) is 4.98 Å². The van der Waals surface area contributed by atoms with Crippen LogP contribution >= 0.6 is 15.9 Å². The highest BCUT2D eigenvalue weighted by atomic mass is 79.9. The largest absolute Gasteiger partial charge is 0.442 e. The lowest BCUT2D eigenvalue weighted by Gasteiger charge is -2.07. The van der Waals surface area contributed by atoms with E-state index < -0.39 is 17.4 Å². The van der Waals surface area contributed by atoms with Gasteiger partial charge in [-0.3, -0.25) is 25.2 Å². The van der Waals surface area contributed by atoms with Crippen molar-refractivity contribution >= 4 is 38.8 Å². The number of furan rings is 1. The Morgan fingerprint density at radius 3 is 2.52 bits per heavy atom. The van der Waals surface area contributed by atoms with Crippen molar-refractivity contribution in [3.63, 3.8) is 0 Å². The molecule has 0 fully saturated rings. The monoisotopic (exact) mass is 407 g/mol. The molecule has 0 unspecified atom stereocenters. The Bertz CT molecular complexity index is 1060. The van der Waals surface area contributed by atoms with Crippen LogP contribution in [0, 0.1) is 6.92 Å². The van der Waals surface area contributed by atoms with Crippen LogP contribution in [-0.4, -0.2) is 25.9 Å². The minimum absolute atomic E-state index is 0.0389. The van der Waals surface area contributed by atoms with Crippen molar-refractivity contribution < 1.29 is 14.0 Å². The summed E-state index contributed by atoms with van der Waals surface area (Å²) in [5.41, 5.74) is 4.66. The van der Waals surface area contributed by atoms with Crippen LogP contribution in [0.4, 0.5) is 0 Å². The molecule has 0 bridgehead atoms. The van der Waals surface area contributed by atoms with Gasteiger partial charge in [-0.15, -0.1) is 0 Å². The van der Waals surface area contributed by atoms with E-state index in [0.29, 0.717) is 5.69 Å². The Morgan fingerprint density at radius 2 is 1.88 bits per heavy atom. The lowest BCUT2D eigenvalue weighted by Crippen LogP contribution is -2.42. The first kappa shape index (κ1) is 17.0. The van der Waals surface area contributed by atoms with Crippen LogP contribution < -0.4 is 16.4 Å². The summed E-state index contributed by atoms with van der Waals surface area (Å²) in [5.74, 6) is -0.930. The summed E-state index contributed by atoms with van der Waals surface area (Å²) >= 11 is 3.27. The minimum Gasteiger partial charge on any atom is -0.442 e. The molecular formula is C15H14BrN5O4. The molecule has 0 saturated carbocycles. The number of amides is 2. The van der Waals surface area contributed by atoms with Crippen molar-refractivity contribution in [3.8, 4) is 0 Å². The molecule has 0 radical (unpaired) electrons. The highest BCUT2D eigenvalue weighted by Crippen LogP contribution is 2.20. The molecule has 3 aromatic heterocycles. The quantitative estimate of drug-likeness (QED) is 0.615. The molecule has 3 rings (SSSR count). The number of carbonyl (C=O) groups excluding carboxylic acids is 2. The normalized spacial score (nSPS) is 10.9. The van der Waals surface area contributed by atoms with Crippen LogP contribution in [-0.2, 0) is 14.1 Å². The number of rotatable bonds is 2. The van der Waals surface area contributed by atoms with E-state index in [1.54, 1.807) is 30.8 Å². The Morgan fingerprint density at radius 1 is 1.20 bits per heavy atom. The van der Waals surface area contributed by atoms with Crippen molar-refractivity contribution in [2.45, 2.75) is 6.92 Å². The van der Waals surface area contributed by atoms with Gasteiger partial charge >= 0.3 is 0 Å². The summed E-state index contributed by atoms with van der Waals surface area (Å²) in [6.07, 6.45) is 3.02. The fourth-order valence-electron chi connectivity index (χ4n) is 2.45. The first-order valence-corrected chi connectivity index (χ1v) is 7.96. The molecule has 0 aromatic carbocycles. The number of carbonyl (C=O) groups is 2. The molecule has 0 aliphatic carbocycles. The standard InChI is InChI=1S/C15H14BrN5O4/c1-7-10(11-14(25-7)17-6-21(3)15(11)24)13(23)19-18-12(22)9-4-8(16)5-20(9)2/h4-6H,1-3H3,(H,18,22)(H,19,23). The summed E-state index contributed by atoms with van der Waals surface area (Å²) in [6, 6.07) is 1.61. The number of hydrogen-bond acceptors (Lipinski definition) is 5. The molecule has 0 aliphatic rings. The minimum atomic E-state index is -0.664. The molecule has 0 atom stereocenters. The van der Waals surface area contributed by atoms with E-state index in [-0.39, 0.29) is 22.4 Å². The van der Waals surface area contributed by atoms with Crippen molar-refractivity contribution in [1.82, 2.24) is 25.0 Å². The average molecular weight is 408 g/mol. The summed E-state index contributed by atoms with van der Waals surface area (Å²) in [4.78, 5) is 40.8. The van der Waals surface area contributed by atoms with E-state index in [2.05, 4.69) is 31.8 Å². The number of aromatic nitrogens is 3. The third-order valence-electron chi connectivity index (χ3n) is 3.67. The number of nitrogens with zero attached hydrogens (tertiary/aromatic N) is 3. The number of hydrazine groups is 1. The number of nitrogens with one attached hydrogen (secondary N) is 2. The molecule has 10 heteroatoms. The molecule has 130 valence electrons. The highest BCUT2D eigenvalue weighted by molar-refractivity contribution is 9.10. The molecule has 0 spiro atoms. The molecular weight excluding hydrogens is 394 g/mol. The fraction of sp³-hybridized carbons (Fsp3) is 0.200. The molecule has 0 saturated heterocycles. The predicted octanol–water partition coefficient (Wildman–Crippen LogP) is 1.01. The van der Waals surface area contributed by atoms with Crippen LogP contribution in [0.2, 0.25) is 0 Å². The predicted molar refractivity (Wildman–Crippen MR) is 92.0 cm³/mol. The lowest BCUT2D eigenvalue weighted by molar-refractivity contribution is 0.0842. The van der Waals surface area contributed by atoms with E-state index in [1.807, 2.05) is 0 Å². The maximum absolute atomic E-state index is 12.5. The first-order valence-electron chi connectivity index (χ1n) is 7.17. The zero-order valence-electron chi connectivity index (χ0n) is 13.6. The van der Waals surface area contributed by atoms with Crippen molar-refractivity contribution in [2.75, 3.05) is 0 Å². The van der Waals surface area contributed by atoms with Crippen LogP contribution in [0.25, 0.3) is 11.1 Å². The summed E-state index contributed by atoms with van der Waals surface area (Å²) in [7, 11) is 3.22. The molecule has 9 nitrogen and oxygen atoms in total. The van der Waals surface area contributed by atoms with E-state index in [9.17, 15) is 14.4 Å². The summed E-state index contributed by atoms with van der Waals surface area (Å²) in [6.45, 7) is 1.55. The van der Waals surface area contributed by atoms with E-state index in [1.165, 1.54) is 17.9 Å². The number of fused-ring (bicyclic) bond motifs is 1. The van der Waals surface area contributed by atoms with Gasteiger partial charge in [0, 0.05) is 24.8 Å². The second-order valence-corrected chi connectivity index (χ2v) is 6.35. The fourth-order valence-corrected chi connectivity index (χ4v) is 2.97. The van der Waals surface area contributed by atoms with Gasteiger partial charge in [-0.2, -0.15) is 0 Å². The molecule has 2 amide bonds. The summed E-state index contributed by atoms with van der Waals surface area (Å²) in [5, 5.41) is 0.0656. The zero-order chi connectivity index (χ0) is 18.3. The topological polar surface area (TPSA) is 111 Å². The Kier molecular flexibility index (Phi) is 4.21. The van der Waals surface area contributed by atoms with Gasteiger partial charge in [-0.1, -0.05) is 0 Å². The van der Waals surface area contributed by atoms with Gasteiger partial charge in [0.05, 0.1) is 5.56 Å². The summed E-state index contributed by atoms with van der Waals surface area (Å²) < 4.78 is 8.94. The van der Waals surface area contributed by atoms with Crippen molar-refractivity contribution in [2.24, 2.45) is 14.1 Å². The van der Waals surface area contributed by atoms with Gasteiger partial charge in [0.25, 0.3) is 17.4 Å². The maximum Gasteiger partial charge on any atom is 0.286 e. The highest BCUT2D eigenvalue weighted by Gasteiger charge is 2.23. The Balaban J connectivity index is 1.87. The Hall–Kier alpha value is -2.88. The number of hydrogen-bond donors (Lipinski definition) is 2. The maximum atomic E-state index is 12.5. The van der Waals surface area contributed by atoms with Gasteiger partial charge in [-0.05, 0) is 28.9 Å². The smallest absolute Gasteiger partial charge is 0.286 e. The molecule has 0 aliphatic heterocycles. The van der Waals surface area contributed by atoms with Gasteiger partial charge in [0.1, 0.15) is 23.2 Å². The van der Waals surface area contributed by atoms with Gasteiger partial charge in [0.2, 0.25) is 5.71 Å². The molecule has 3 aromatic rings. The first-order chi connectivity index (χ1) is 11.8. The van der Waals surface area contributed by atoms with E-state index >= 15 is 0 Å². The van der Waals surface area contributed by atoms with Crippen LogP contribution in [0.3, 0.4) is 0 Å². The third-order valence-corrected chi connectivity index (χ3v) is 4.10. The van der Waals surface area contributed by atoms with Crippen molar-refractivity contribution in [1.29, 1.82) is 0 Å².